The van der Waals surface area contributed by atoms with Gasteiger partial charge in [0.25, 0.3) is 5.91 Å². The lowest BCUT2D eigenvalue weighted by Crippen LogP contribution is -2.26. The summed E-state index contributed by atoms with van der Waals surface area (Å²) in [6, 6.07) is 4.81. The summed E-state index contributed by atoms with van der Waals surface area (Å²) in [5, 5.41) is 3.61. The van der Waals surface area contributed by atoms with E-state index in [0.717, 1.165) is 17.3 Å². The fourth-order valence-electron chi connectivity index (χ4n) is 2.69. The van der Waals surface area contributed by atoms with Crippen LogP contribution in [-0.2, 0) is 9.84 Å². The zero-order valence-electron chi connectivity index (χ0n) is 13.1. The third-order valence-corrected chi connectivity index (χ3v) is 6.51. The average molecular weight is 341 g/mol. The van der Waals surface area contributed by atoms with Crippen molar-refractivity contribution in [3.8, 4) is 0 Å². The van der Waals surface area contributed by atoms with E-state index in [1.54, 1.807) is 19.1 Å². The monoisotopic (exact) mass is 341 g/mol. The Bertz CT molecular complexity index is 635. The molecule has 1 aromatic rings. The van der Waals surface area contributed by atoms with Gasteiger partial charge in [-0.3, -0.25) is 4.79 Å². The first kappa shape index (κ1) is 17.3. The van der Waals surface area contributed by atoms with Gasteiger partial charge in [0.15, 0.2) is 9.84 Å². The van der Waals surface area contributed by atoms with Gasteiger partial charge in [0.05, 0.1) is 4.90 Å². The van der Waals surface area contributed by atoms with E-state index in [2.05, 4.69) is 5.32 Å². The second-order valence-electron chi connectivity index (χ2n) is 5.79. The topological polar surface area (TPSA) is 63.2 Å². The van der Waals surface area contributed by atoms with Crippen LogP contribution in [0.2, 0.25) is 0 Å². The summed E-state index contributed by atoms with van der Waals surface area (Å²) in [4.78, 5) is 12.3. The van der Waals surface area contributed by atoms with Crippen molar-refractivity contribution in [1.82, 2.24) is 5.32 Å². The summed E-state index contributed by atoms with van der Waals surface area (Å²) in [7, 11) is -3.31. The lowest BCUT2D eigenvalue weighted by molar-refractivity contribution is 0.0956. The molecule has 1 aromatic carbocycles. The molecule has 0 unspecified atom stereocenters. The number of aryl methyl sites for hydroxylation is 1. The molecule has 1 saturated carbocycles. The maximum absolute atomic E-state index is 12.1. The Hall–Kier alpha value is -1.01. The molecule has 0 spiro atoms. The van der Waals surface area contributed by atoms with Crippen LogP contribution in [0.3, 0.4) is 0 Å². The van der Waals surface area contributed by atoms with Crippen molar-refractivity contribution in [3.63, 3.8) is 0 Å². The van der Waals surface area contributed by atoms with E-state index in [9.17, 15) is 13.2 Å². The Morgan fingerprint density at radius 3 is 2.64 bits per heavy atom. The standard InChI is InChI=1S/C16H23NO3S2/c1-12-7-8-13(11-15(12)22(2,19)20)16(18)17-9-10-21-14-5-3-4-6-14/h7-8,11,14H,3-6,9-10H2,1-2H3,(H,17,18). The summed E-state index contributed by atoms with van der Waals surface area (Å²) >= 11 is 1.92. The highest BCUT2D eigenvalue weighted by Crippen LogP contribution is 2.28. The smallest absolute Gasteiger partial charge is 0.251 e. The number of hydrogen-bond acceptors (Lipinski definition) is 4. The molecular formula is C16H23NO3S2. The van der Waals surface area contributed by atoms with Crippen LogP contribution < -0.4 is 5.32 Å². The Morgan fingerprint density at radius 1 is 1.32 bits per heavy atom. The summed E-state index contributed by atoms with van der Waals surface area (Å²) < 4.78 is 23.4. The molecule has 0 heterocycles. The van der Waals surface area contributed by atoms with Gasteiger partial charge in [-0.1, -0.05) is 18.9 Å². The Kier molecular flexibility index (Phi) is 5.92. The zero-order valence-corrected chi connectivity index (χ0v) is 14.7. The molecule has 0 saturated heterocycles. The molecule has 0 bridgehead atoms. The van der Waals surface area contributed by atoms with E-state index in [1.165, 1.54) is 31.7 Å². The number of rotatable bonds is 6. The molecule has 2 rings (SSSR count). The number of amides is 1. The summed E-state index contributed by atoms with van der Waals surface area (Å²) in [6.07, 6.45) is 6.38. The Labute approximate surface area is 137 Å². The van der Waals surface area contributed by atoms with Gasteiger partial charge >= 0.3 is 0 Å². The van der Waals surface area contributed by atoms with Crippen molar-refractivity contribution < 1.29 is 13.2 Å². The highest BCUT2D eigenvalue weighted by molar-refractivity contribution is 7.99. The van der Waals surface area contributed by atoms with Gasteiger partial charge in [-0.05, 0) is 37.5 Å². The minimum absolute atomic E-state index is 0.211. The number of nitrogens with one attached hydrogen (secondary N) is 1. The number of carbonyl (C=O) groups is 1. The molecule has 0 aromatic heterocycles. The van der Waals surface area contributed by atoms with Crippen LogP contribution in [0.1, 0.15) is 41.6 Å². The van der Waals surface area contributed by atoms with Crippen molar-refractivity contribution >= 4 is 27.5 Å². The normalized spacial score (nSPS) is 15.9. The first-order valence-corrected chi connectivity index (χ1v) is 10.5. The third-order valence-electron chi connectivity index (χ3n) is 3.89. The van der Waals surface area contributed by atoms with Gasteiger partial charge in [-0.25, -0.2) is 8.42 Å². The maximum Gasteiger partial charge on any atom is 0.251 e. The quantitative estimate of drug-likeness (QED) is 0.808. The van der Waals surface area contributed by atoms with Gasteiger partial charge in [0, 0.05) is 29.4 Å². The SMILES string of the molecule is Cc1ccc(C(=O)NCCSC2CCCC2)cc1S(C)(=O)=O. The highest BCUT2D eigenvalue weighted by atomic mass is 32.2. The van der Waals surface area contributed by atoms with Crippen LogP contribution >= 0.6 is 11.8 Å². The number of hydrogen-bond donors (Lipinski definition) is 1. The van der Waals surface area contributed by atoms with Crippen LogP contribution in [0, 0.1) is 6.92 Å². The van der Waals surface area contributed by atoms with E-state index >= 15 is 0 Å². The second-order valence-corrected chi connectivity index (χ2v) is 9.18. The van der Waals surface area contributed by atoms with Crippen LogP contribution in [0.5, 0.6) is 0 Å². The fourth-order valence-corrected chi connectivity index (χ4v) is 4.90. The first-order valence-electron chi connectivity index (χ1n) is 7.58. The molecular weight excluding hydrogens is 318 g/mol. The van der Waals surface area contributed by atoms with Crippen molar-refractivity contribution in [2.75, 3.05) is 18.6 Å². The van der Waals surface area contributed by atoms with Crippen molar-refractivity contribution in [3.05, 3.63) is 29.3 Å². The second kappa shape index (κ2) is 7.51. The highest BCUT2D eigenvalue weighted by Gasteiger charge is 2.16. The molecule has 0 atom stereocenters. The fraction of sp³-hybridized carbons (Fsp3) is 0.562. The third kappa shape index (κ3) is 4.74. The summed E-state index contributed by atoms with van der Waals surface area (Å²) in [5.74, 6) is 0.693. The molecule has 1 fully saturated rings. The molecule has 1 aliphatic rings. The lowest BCUT2D eigenvalue weighted by Gasteiger charge is -2.10. The number of benzene rings is 1. The van der Waals surface area contributed by atoms with Gasteiger partial charge in [-0.15, -0.1) is 0 Å². The predicted octanol–water partition coefficient (Wildman–Crippen LogP) is 2.80. The summed E-state index contributed by atoms with van der Waals surface area (Å²) in [6.45, 7) is 2.35. The van der Waals surface area contributed by atoms with E-state index in [4.69, 9.17) is 0 Å². The van der Waals surface area contributed by atoms with E-state index in [-0.39, 0.29) is 10.8 Å². The number of thioether (sulfide) groups is 1. The van der Waals surface area contributed by atoms with Crippen molar-refractivity contribution in [1.29, 1.82) is 0 Å². The minimum Gasteiger partial charge on any atom is -0.351 e. The molecule has 0 radical (unpaired) electrons. The minimum atomic E-state index is -3.31. The van der Waals surface area contributed by atoms with Crippen molar-refractivity contribution in [2.24, 2.45) is 0 Å². The maximum atomic E-state index is 12.1. The Morgan fingerprint density at radius 2 is 2.00 bits per heavy atom. The molecule has 1 N–H and O–H groups in total. The molecule has 0 aliphatic heterocycles. The zero-order chi connectivity index (χ0) is 16.2. The van der Waals surface area contributed by atoms with Gasteiger partial charge in [0.1, 0.15) is 0 Å². The van der Waals surface area contributed by atoms with Crippen molar-refractivity contribution in [2.45, 2.75) is 42.8 Å². The van der Waals surface area contributed by atoms with Gasteiger partial charge < -0.3 is 5.32 Å². The summed E-state index contributed by atoms with van der Waals surface area (Å²) in [5.41, 5.74) is 1.06. The van der Waals surface area contributed by atoms with E-state index in [1.807, 2.05) is 11.8 Å². The molecule has 22 heavy (non-hydrogen) atoms. The average Bonchev–Trinajstić information content (AvgIpc) is 2.95. The number of sulfone groups is 1. The van der Waals surface area contributed by atoms with Gasteiger partial charge in [-0.2, -0.15) is 11.8 Å². The molecule has 122 valence electrons. The predicted molar refractivity (Wildman–Crippen MR) is 91.3 cm³/mol. The Balaban J connectivity index is 1.89. The molecule has 6 heteroatoms. The largest absolute Gasteiger partial charge is 0.351 e. The lowest BCUT2D eigenvalue weighted by atomic mass is 10.1. The van der Waals surface area contributed by atoms with Crippen LogP contribution in [0.15, 0.2) is 23.1 Å². The van der Waals surface area contributed by atoms with Crippen LogP contribution in [-0.4, -0.2) is 38.1 Å². The van der Waals surface area contributed by atoms with E-state index in [0.29, 0.717) is 17.7 Å². The molecule has 1 aliphatic carbocycles. The van der Waals surface area contributed by atoms with E-state index < -0.39 is 9.84 Å². The first-order chi connectivity index (χ1) is 10.4. The van der Waals surface area contributed by atoms with Crippen LogP contribution in [0.4, 0.5) is 0 Å². The van der Waals surface area contributed by atoms with Crippen LogP contribution in [0.25, 0.3) is 0 Å². The van der Waals surface area contributed by atoms with Gasteiger partial charge in [0.2, 0.25) is 0 Å². The molecule has 4 nitrogen and oxygen atoms in total. The number of carbonyl (C=O) groups excluding carboxylic acids is 1. The molecule has 1 amide bonds.